The summed E-state index contributed by atoms with van der Waals surface area (Å²) in [5, 5.41) is 4.17. The third-order valence-electron chi connectivity index (χ3n) is 2.79. The van der Waals surface area contributed by atoms with Crippen LogP contribution in [0.2, 0.25) is 0 Å². The van der Waals surface area contributed by atoms with Gasteiger partial charge in [0.25, 0.3) is 0 Å². The van der Waals surface area contributed by atoms with Crippen LogP contribution in [-0.2, 0) is 12.2 Å². The van der Waals surface area contributed by atoms with Gasteiger partial charge in [0.15, 0.2) is 0 Å². The van der Waals surface area contributed by atoms with Crippen LogP contribution in [0, 0.1) is 6.92 Å². The van der Waals surface area contributed by atoms with Gasteiger partial charge >= 0.3 is 0 Å². The number of aromatic nitrogens is 2. The second-order valence-electron chi connectivity index (χ2n) is 4.29. The van der Waals surface area contributed by atoms with E-state index in [0.717, 1.165) is 46.6 Å². The summed E-state index contributed by atoms with van der Waals surface area (Å²) in [6.45, 7) is 4.18. The number of rotatable bonds is 6. The smallest absolute Gasteiger partial charge is 0.133 e. The van der Waals surface area contributed by atoms with E-state index in [9.17, 15) is 0 Å². The van der Waals surface area contributed by atoms with Crippen LogP contribution in [0.3, 0.4) is 0 Å². The molecule has 0 amide bonds. The van der Waals surface area contributed by atoms with Crippen LogP contribution in [-0.4, -0.2) is 17.0 Å². The summed E-state index contributed by atoms with van der Waals surface area (Å²) in [6, 6.07) is 3.89. The van der Waals surface area contributed by atoms with E-state index in [-0.39, 0.29) is 0 Å². The van der Waals surface area contributed by atoms with Gasteiger partial charge in [0.05, 0.1) is 12.0 Å². The summed E-state index contributed by atoms with van der Waals surface area (Å²) in [6.07, 6.45) is 3.65. The van der Waals surface area contributed by atoms with Crippen molar-refractivity contribution in [2.45, 2.75) is 37.5 Å². The molecule has 0 aliphatic rings. The highest BCUT2D eigenvalue weighted by molar-refractivity contribution is 7.98. The molecule has 2 aromatic rings. The van der Waals surface area contributed by atoms with E-state index < -0.39 is 0 Å². The fourth-order valence-corrected chi connectivity index (χ4v) is 2.72. The van der Waals surface area contributed by atoms with Gasteiger partial charge in [0.1, 0.15) is 22.4 Å². The summed E-state index contributed by atoms with van der Waals surface area (Å²) >= 11 is 1.69. The number of anilines is 1. The molecule has 2 rings (SSSR count). The second kappa shape index (κ2) is 6.61. The van der Waals surface area contributed by atoms with Gasteiger partial charge in [-0.1, -0.05) is 18.7 Å². The van der Waals surface area contributed by atoms with Crippen molar-refractivity contribution in [1.29, 1.82) is 0 Å². The molecule has 0 fully saturated rings. The first kappa shape index (κ1) is 13.9. The molecule has 0 radical (unpaired) electrons. The van der Waals surface area contributed by atoms with Crippen molar-refractivity contribution < 1.29 is 4.42 Å². The van der Waals surface area contributed by atoms with Crippen LogP contribution >= 0.6 is 11.8 Å². The fraction of sp³-hybridized carbons (Fsp3) is 0.429. The number of nitrogens with zero attached hydrogens (tertiary/aromatic N) is 2. The molecule has 5 heteroatoms. The van der Waals surface area contributed by atoms with E-state index in [1.165, 1.54) is 0 Å². The summed E-state index contributed by atoms with van der Waals surface area (Å²) in [5.41, 5.74) is 1.10. The number of thioether (sulfide) groups is 1. The van der Waals surface area contributed by atoms with E-state index in [4.69, 9.17) is 4.42 Å². The minimum atomic E-state index is 0.791. The van der Waals surface area contributed by atoms with Crippen molar-refractivity contribution in [3.63, 3.8) is 0 Å². The first-order chi connectivity index (χ1) is 9.24. The molecule has 0 saturated carbocycles. The van der Waals surface area contributed by atoms with Crippen LogP contribution in [0.5, 0.6) is 0 Å². The van der Waals surface area contributed by atoms with Gasteiger partial charge in [-0.3, -0.25) is 0 Å². The average Bonchev–Trinajstić information content (AvgIpc) is 2.92. The molecule has 2 aromatic heterocycles. The Labute approximate surface area is 118 Å². The molecular weight excluding hydrogens is 258 g/mol. The van der Waals surface area contributed by atoms with E-state index in [1.54, 1.807) is 18.0 Å². The molecule has 0 aliphatic heterocycles. The van der Waals surface area contributed by atoms with Crippen molar-refractivity contribution in [2.75, 3.05) is 12.4 Å². The minimum absolute atomic E-state index is 0.791. The summed E-state index contributed by atoms with van der Waals surface area (Å²) in [4.78, 5) is 9.17. The third kappa shape index (κ3) is 3.50. The van der Waals surface area contributed by atoms with Crippen LogP contribution in [0.15, 0.2) is 27.8 Å². The van der Waals surface area contributed by atoms with E-state index in [1.807, 2.05) is 26.1 Å². The summed E-state index contributed by atoms with van der Waals surface area (Å²) < 4.78 is 5.35. The van der Waals surface area contributed by atoms with Crippen LogP contribution in [0.4, 0.5) is 5.82 Å². The highest BCUT2D eigenvalue weighted by atomic mass is 32.2. The standard InChI is InChI=1S/C14H19N3OS/c1-4-6-12-16-13(15-3)10(2)14(17-12)19-9-11-7-5-8-18-11/h5,7-8H,4,6,9H2,1-3H3,(H,15,16,17). The Hall–Kier alpha value is -1.49. The molecule has 102 valence electrons. The zero-order chi connectivity index (χ0) is 13.7. The number of furan rings is 1. The van der Waals surface area contributed by atoms with Crippen molar-refractivity contribution in [2.24, 2.45) is 0 Å². The first-order valence-electron chi connectivity index (χ1n) is 6.45. The summed E-state index contributed by atoms with van der Waals surface area (Å²) in [7, 11) is 1.89. The number of hydrogen-bond donors (Lipinski definition) is 1. The Kier molecular flexibility index (Phi) is 4.85. The SMILES string of the molecule is CCCc1nc(NC)c(C)c(SCc2ccco2)n1. The molecule has 0 atom stereocenters. The number of hydrogen-bond acceptors (Lipinski definition) is 5. The molecular formula is C14H19N3OS. The Morgan fingerprint density at radius 2 is 2.21 bits per heavy atom. The lowest BCUT2D eigenvalue weighted by Crippen LogP contribution is -2.04. The predicted octanol–water partition coefficient (Wildman–Crippen LogP) is 3.66. The Balaban J connectivity index is 2.19. The Bertz CT molecular complexity index is 526. The van der Waals surface area contributed by atoms with E-state index >= 15 is 0 Å². The lowest BCUT2D eigenvalue weighted by atomic mass is 10.3. The van der Waals surface area contributed by atoms with E-state index in [2.05, 4.69) is 22.2 Å². The molecule has 0 aliphatic carbocycles. The van der Waals surface area contributed by atoms with Gasteiger partial charge in [-0.05, 0) is 25.5 Å². The lowest BCUT2D eigenvalue weighted by molar-refractivity contribution is 0.530. The molecule has 0 saturated heterocycles. The molecule has 0 bridgehead atoms. The van der Waals surface area contributed by atoms with Gasteiger partial charge in [0.2, 0.25) is 0 Å². The number of aryl methyl sites for hydroxylation is 1. The number of nitrogens with one attached hydrogen (secondary N) is 1. The second-order valence-corrected chi connectivity index (χ2v) is 5.25. The maximum atomic E-state index is 5.35. The van der Waals surface area contributed by atoms with Crippen molar-refractivity contribution >= 4 is 17.6 Å². The highest BCUT2D eigenvalue weighted by Crippen LogP contribution is 2.28. The van der Waals surface area contributed by atoms with Crippen LogP contribution in [0.25, 0.3) is 0 Å². The van der Waals surface area contributed by atoms with Gasteiger partial charge in [-0.15, -0.1) is 0 Å². The molecule has 2 heterocycles. The van der Waals surface area contributed by atoms with Gasteiger partial charge < -0.3 is 9.73 Å². The van der Waals surface area contributed by atoms with Crippen molar-refractivity contribution in [3.8, 4) is 0 Å². The predicted molar refractivity (Wildman–Crippen MR) is 78.6 cm³/mol. The Morgan fingerprint density at radius 3 is 2.84 bits per heavy atom. The zero-order valence-corrected chi connectivity index (χ0v) is 12.4. The maximum Gasteiger partial charge on any atom is 0.133 e. The maximum absolute atomic E-state index is 5.35. The largest absolute Gasteiger partial charge is 0.468 e. The van der Waals surface area contributed by atoms with Gasteiger partial charge in [0, 0.05) is 19.0 Å². The van der Waals surface area contributed by atoms with Gasteiger partial charge in [-0.2, -0.15) is 0 Å². The van der Waals surface area contributed by atoms with Crippen molar-refractivity contribution in [3.05, 3.63) is 35.5 Å². The van der Waals surface area contributed by atoms with Crippen LogP contribution < -0.4 is 5.32 Å². The molecule has 1 N–H and O–H groups in total. The topological polar surface area (TPSA) is 51.0 Å². The zero-order valence-electron chi connectivity index (χ0n) is 11.6. The third-order valence-corrected chi connectivity index (χ3v) is 3.89. The van der Waals surface area contributed by atoms with E-state index in [0.29, 0.717) is 0 Å². The Morgan fingerprint density at radius 1 is 1.37 bits per heavy atom. The molecule has 0 spiro atoms. The minimum Gasteiger partial charge on any atom is -0.468 e. The molecule has 0 unspecified atom stereocenters. The van der Waals surface area contributed by atoms with Crippen molar-refractivity contribution in [1.82, 2.24) is 9.97 Å². The van der Waals surface area contributed by atoms with Gasteiger partial charge in [-0.25, -0.2) is 9.97 Å². The monoisotopic (exact) mass is 277 g/mol. The fourth-order valence-electron chi connectivity index (χ4n) is 1.79. The lowest BCUT2D eigenvalue weighted by Gasteiger charge is -2.11. The average molecular weight is 277 g/mol. The quantitative estimate of drug-likeness (QED) is 0.645. The highest BCUT2D eigenvalue weighted by Gasteiger charge is 2.11. The normalized spacial score (nSPS) is 10.7. The molecule has 0 aromatic carbocycles. The molecule has 19 heavy (non-hydrogen) atoms. The summed E-state index contributed by atoms with van der Waals surface area (Å²) in [5.74, 6) is 3.57. The van der Waals surface area contributed by atoms with Crippen LogP contribution in [0.1, 0.15) is 30.5 Å². The first-order valence-corrected chi connectivity index (χ1v) is 7.43. The molecule has 4 nitrogen and oxygen atoms in total.